The van der Waals surface area contributed by atoms with Crippen LogP contribution >= 0.6 is 0 Å². The van der Waals surface area contributed by atoms with E-state index in [1.54, 1.807) is 0 Å². The van der Waals surface area contributed by atoms with Crippen molar-refractivity contribution in [2.45, 2.75) is 57.9 Å². The number of pyridine rings is 1. The second kappa shape index (κ2) is 7.85. The Labute approximate surface area is 157 Å². The van der Waals surface area contributed by atoms with E-state index in [0.717, 1.165) is 38.0 Å². The highest BCUT2D eigenvalue weighted by Crippen LogP contribution is 2.43. The Morgan fingerprint density at radius 3 is 2.69 bits per heavy atom. The van der Waals surface area contributed by atoms with Gasteiger partial charge in [-0.15, -0.1) is 0 Å². The molecule has 2 aliphatic heterocycles. The smallest absolute Gasteiger partial charge is 0.193 e. The molecule has 0 unspecified atom stereocenters. The van der Waals surface area contributed by atoms with Crippen molar-refractivity contribution < 1.29 is 0 Å². The molecule has 1 N–H and O–H groups in total. The summed E-state index contributed by atoms with van der Waals surface area (Å²) < 4.78 is 0. The molecule has 3 fully saturated rings. The lowest BCUT2D eigenvalue weighted by Crippen LogP contribution is -2.41. The molecule has 1 saturated carbocycles. The van der Waals surface area contributed by atoms with Gasteiger partial charge in [0, 0.05) is 46.0 Å². The van der Waals surface area contributed by atoms with Gasteiger partial charge in [0.15, 0.2) is 5.96 Å². The Kier molecular flexibility index (Phi) is 5.32. The van der Waals surface area contributed by atoms with Crippen LogP contribution in [-0.4, -0.2) is 49.1 Å². The first-order valence-electron chi connectivity index (χ1n) is 10.4. The average molecular weight is 356 g/mol. The summed E-state index contributed by atoms with van der Waals surface area (Å²) in [6, 6.07) is 4.35. The molecule has 0 atom stereocenters. The van der Waals surface area contributed by atoms with Gasteiger partial charge in [-0.05, 0) is 55.2 Å². The van der Waals surface area contributed by atoms with Gasteiger partial charge in [-0.1, -0.05) is 19.3 Å². The summed E-state index contributed by atoms with van der Waals surface area (Å²) in [4.78, 5) is 14.0. The maximum Gasteiger partial charge on any atom is 0.193 e. The van der Waals surface area contributed by atoms with Crippen LogP contribution in [0.25, 0.3) is 0 Å². The van der Waals surface area contributed by atoms with Crippen molar-refractivity contribution >= 4 is 11.8 Å². The molecule has 142 valence electrons. The summed E-state index contributed by atoms with van der Waals surface area (Å²) in [5.74, 6) is 2.19. The monoisotopic (exact) mass is 355 g/mol. The molecule has 0 aromatic carbocycles. The van der Waals surface area contributed by atoms with Gasteiger partial charge < -0.3 is 15.1 Å². The Bertz CT molecular complexity index is 629. The van der Waals surface area contributed by atoms with E-state index >= 15 is 0 Å². The highest BCUT2D eigenvalue weighted by molar-refractivity contribution is 5.80. The fourth-order valence-electron chi connectivity index (χ4n) is 5.03. The minimum absolute atomic E-state index is 0.565. The normalized spacial score (nSPS) is 23.0. The van der Waals surface area contributed by atoms with Crippen LogP contribution in [0.3, 0.4) is 0 Å². The summed E-state index contributed by atoms with van der Waals surface area (Å²) in [5.41, 5.74) is 1.85. The van der Waals surface area contributed by atoms with Crippen molar-refractivity contribution in [3.8, 4) is 0 Å². The third-order valence-corrected chi connectivity index (χ3v) is 6.55. The van der Waals surface area contributed by atoms with Crippen LogP contribution in [0.5, 0.6) is 0 Å². The Hall–Kier alpha value is -1.78. The van der Waals surface area contributed by atoms with Gasteiger partial charge in [-0.25, -0.2) is 4.98 Å². The van der Waals surface area contributed by atoms with Gasteiger partial charge in [0.05, 0.1) is 0 Å². The van der Waals surface area contributed by atoms with Gasteiger partial charge in [-0.3, -0.25) is 4.99 Å². The van der Waals surface area contributed by atoms with Crippen LogP contribution < -0.4 is 10.2 Å². The highest BCUT2D eigenvalue weighted by atomic mass is 15.3. The van der Waals surface area contributed by atoms with Crippen molar-refractivity contribution in [2.24, 2.45) is 10.4 Å². The van der Waals surface area contributed by atoms with E-state index in [4.69, 9.17) is 0 Å². The Morgan fingerprint density at radius 1 is 1.12 bits per heavy atom. The zero-order valence-corrected chi connectivity index (χ0v) is 16.2. The van der Waals surface area contributed by atoms with Gasteiger partial charge in [0.2, 0.25) is 0 Å². The number of rotatable bonds is 3. The van der Waals surface area contributed by atoms with E-state index in [1.165, 1.54) is 63.5 Å². The number of nitrogens with zero attached hydrogens (tertiary/aromatic N) is 4. The molecule has 2 saturated heterocycles. The summed E-state index contributed by atoms with van der Waals surface area (Å²) >= 11 is 0. The molecule has 1 aliphatic carbocycles. The SMILES string of the molecule is CN=C(NCc1ccnc(N2CCCC2)c1)N1CCC2(CCCCC2)C1. The first-order chi connectivity index (χ1) is 12.8. The van der Waals surface area contributed by atoms with Crippen LogP contribution in [0.2, 0.25) is 0 Å². The molecular formula is C21H33N5. The third kappa shape index (κ3) is 3.81. The molecule has 0 bridgehead atoms. The summed E-state index contributed by atoms with van der Waals surface area (Å²) in [6.07, 6.45) is 12.9. The van der Waals surface area contributed by atoms with Crippen molar-refractivity contribution in [2.75, 3.05) is 38.1 Å². The summed E-state index contributed by atoms with van der Waals surface area (Å²) in [7, 11) is 1.91. The maximum atomic E-state index is 4.57. The largest absolute Gasteiger partial charge is 0.357 e. The zero-order chi connectivity index (χ0) is 17.8. The standard InChI is InChI=1S/C21H33N5/c1-22-20(26-14-10-21(17-26)8-3-2-4-9-21)24-16-18-7-11-23-19(15-18)25-12-5-6-13-25/h7,11,15H,2-6,8-10,12-14,16-17H2,1H3,(H,22,24). The Balaban J connectivity index is 1.35. The first-order valence-corrected chi connectivity index (χ1v) is 10.4. The Morgan fingerprint density at radius 2 is 1.92 bits per heavy atom. The van der Waals surface area contributed by atoms with Crippen molar-refractivity contribution in [1.82, 2.24) is 15.2 Å². The lowest BCUT2D eigenvalue weighted by atomic mass is 9.73. The van der Waals surface area contributed by atoms with Gasteiger partial charge in [-0.2, -0.15) is 0 Å². The number of likely N-dealkylation sites (tertiary alicyclic amines) is 1. The minimum Gasteiger partial charge on any atom is -0.357 e. The quantitative estimate of drug-likeness (QED) is 0.666. The lowest BCUT2D eigenvalue weighted by Gasteiger charge is -2.33. The molecule has 3 aliphatic rings. The molecule has 1 spiro atoms. The fraction of sp³-hybridized carbons (Fsp3) is 0.714. The van der Waals surface area contributed by atoms with Crippen molar-refractivity contribution in [3.05, 3.63) is 23.9 Å². The van der Waals surface area contributed by atoms with Crippen LogP contribution in [0, 0.1) is 5.41 Å². The van der Waals surface area contributed by atoms with Crippen LogP contribution in [-0.2, 0) is 6.54 Å². The highest BCUT2D eigenvalue weighted by Gasteiger charge is 2.39. The zero-order valence-electron chi connectivity index (χ0n) is 16.2. The molecule has 1 aromatic heterocycles. The molecule has 4 rings (SSSR count). The molecule has 5 nitrogen and oxygen atoms in total. The van der Waals surface area contributed by atoms with Crippen LogP contribution in [0.15, 0.2) is 23.3 Å². The molecule has 26 heavy (non-hydrogen) atoms. The van der Waals surface area contributed by atoms with Crippen LogP contribution in [0.1, 0.15) is 56.9 Å². The number of aromatic nitrogens is 1. The number of nitrogens with one attached hydrogen (secondary N) is 1. The summed E-state index contributed by atoms with van der Waals surface area (Å²) in [6.45, 7) is 5.43. The van der Waals surface area contributed by atoms with E-state index in [0.29, 0.717) is 5.41 Å². The second-order valence-corrected chi connectivity index (χ2v) is 8.35. The number of anilines is 1. The molecule has 1 aromatic rings. The number of hydrogen-bond acceptors (Lipinski definition) is 3. The fourth-order valence-corrected chi connectivity index (χ4v) is 5.03. The molecule has 5 heteroatoms. The number of aliphatic imine (C=N–C) groups is 1. The second-order valence-electron chi connectivity index (χ2n) is 8.35. The molecule has 0 amide bonds. The van der Waals surface area contributed by atoms with E-state index in [-0.39, 0.29) is 0 Å². The van der Waals surface area contributed by atoms with Gasteiger partial charge in [0.25, 0.3) is 0 Å². The maximum absolute atomic E-state index is 4.57. The van der Waals surface area contributed by atoms with Gasteiger partial charge >= 0.3 is 0 Å². The van der Waals surface area contributed by atoms with E-state index in [9.17, 15) is 0 Å². The summed E-state index contributed by atoms with van der Waals surface area (Å²) in [5, 5.41) is 3.60. The van der Waals surface area contributed by atoms with Crippen molar-refractivity contribution in [1.29, 1.82) is 0 Å². The van der Waals surface area contributed by atoms with E-state index in [2.05, 4.69) is 37.2 Å². The molecule has 3 heterocycles. The first kappa shape index (κ1) is 17.6. The van der Waals surface area contributed by atoms with Crippen LogP contribution in [0.4, 0.5) is 5.82 Å². The van der Waals surface area contributed by atoms with Gasteiger partial charge in [0.1, 0.15) is 5.82 Å². The number of guanidine groups is 1. The third-order valence-electron chi connectivity index (χ3n) is 6.55. The topological polar surface area (TPSA) is 43.8 Å². The van der Waals surface area contributed by atoms with Crippen molar-refractivity contribution in [3.63, 3.8) is 0 Å². The predicted octanol–water partition coefficient (Wildman–Crippen LogP) is 3.41. The molecule has 0 radical (unpaired) electrons. The number of hydrogen-bond donors (Lipinski definition) is 1. The predicted molar refractivity (Wildman–Crippen MR) is 108 cm³/mol. The van der Waals surface area contributed by atoms with E-state index in [1.807, 2.05) is 13.2 Å². The lowest BCUT2D eigenvalue weighted by molar-refractivity contribution is 0.203. The average Bonchev–Trinajstić information content (AvgIpc) is 3.34. The minimum atomic E-state index is 0.565. The van der Waals surface area contributed by atoms with E-state index < -0.39 is 0 Å². The molecular weight excluding hydrogens is 322 g/mol.